The smallest absolute Gasteiger partial charge is 0.306 e. The molecular formula is C58H104O6. The molecule has 1 atom stereocenters. The number of hydrogen-bond donors (Lipinski definition) is 0. The van der Waals surface area contributed by atoms with Crippen LogP contribution in [-0.4, -0.2) is 37.2 Å². The lowest BCUT2D eigenvalue weighted by atomic mass is 10.0. The van der Waals surface area contributed by atoms with Crippen LogP contribution in [0.3, 0.4) is 0 Å². The number of ether oxygens (including phenoxy) is 3. The molecule has 0 aliphatic rings. The van der Waals surface area contributed by atoms with Crippen LogP contribution in [0.1, 0.15) is 284 Å². The molecule has 372 valence electrons. The summed E-state index contributed by atoms with van der Waals surface area (Å²) in [6.07, 6.45) is 63.9. The predicted molar refractivity (Wildman–Crippen MR) is 275 cm³/mol. The molecule has 0 aromatic carbocycles. The Morgan fingerprint density at radius 3 is 0.953 bits per heavy atom. The molecule has 0 rings (SSSR count). The van der Waals surface area contributed by atoms with Crippen molar-refractivity contribution in [1.82, 2.24) is 0 Å². The highest BCUT2D eigenvalue weighted by Crippen LogP contribution is 2.17. The van der Waals surface area contributed by atoms with Gasteiger partial charge in [-0.1, -0.05) is 275 Å². The van der Waals surface area contributed by atoms with E-state index in [9.17, 15) is 14.4 Å². The van der Waals surface area contributed by atoms with Gasteiger partial charge in [0, 0.05) is 19.3 Å². The summed E-state index contributed by atoms with van der Waals surface area (Å²) in [4.78, 5) is 38.0. The van der Waals surface area contributed by atoms with Gasteiger partial charge >= 0.3 is 17.9 Å². The molecule has 1 unspecified atom stereocenters. The summed E-state index contributed by atoms with van der Waals surface area (Å²) in [5.41, 5.74) is 0. The zero-order valence-corrected chi connectivity index (χ0v) is 42.6. The van der Waals surface area contributed by atoms with E-state index in [2.05, 4.69) is 39.0 Å². The van der Waals surface area contributed by atoms with Crippen molar-refractivity contribution in [3.8, 4) is 0 Å². The summed E-state index contributed by atoms with van der Waals surface area (Å²) in [7, 11) is 0. The van der Waals surface area contributed by atoms with Crippen molar-refractivity contribution >= 4 is 17.9 Å². The molecule has 0 amide bonds. The third kappa shape index (κ3) is 50.4. The van der Waals surface area contributed by atoms with Crippen LogP contribution < -0.4 is 0 Å². The minimum atomic E-state index is -0.784. The zero-order chi connectivity index (χ0) is 46.5. The standard InChI is InChI=1S/C58H104O6/c1-4-7-10-13-16-19-22-25-27-28-29-30-31-34-36-39-42-45-48-51-57(60)63-54-55(53-62-56(59)50-47-44-41-38-35-32-24-21-18-15-12-9-6-3)64-58(61)52-49-46-43-40-37-33-26-23-20-17-14-11-8-5-2/h9,12,15,18,21,24,32,35,55H,4-8,10-11,13-14,16-17,19-20,22-23,25-31,33-34,36-54H2,1-3H3/b12-9+,18-15+,24-21+,35-32+. The predicted octanol–water partition coefficient (Wildman–Crippen LogP) is 18.3. The highest BCUT2D eigenvalue weighted by molar-refractivity contribution is 5.71. The van der Waals surface area contributed by atoms with Gasteiger partial charge in [-0.05, 0) is 38.5 Å². The first kappa shape index (κ1) is 61.4. The maximum atomic E-state index is 12.8. The molecule has 0 aromatic rings. The highest BCUT2D eigenvalue weighted by Gasteiger charge is 2.19. The van der Waals surface area contributed by atoms with E-state index in [4.69, 9.17) is 14.2 Å². The van der Waals surface area contributed by atoms with Gasteiger partial charge in [0.05, 0.1) is 0 Å². The second kappa shape index (κ2) is 53.0. The van der Waals surface area contributed by atoms with E-state index < -0.39 is 6.10 Å². The van der Waals surface area contributed by atoms with Gasteiger partial charge in [0.1, 0.15) is 13.2 Å². The first-order chi connectivity index (χ1) is 31.5. The molecule has 0 bridgehead atoms. The number of esters is 3. The Hall–Kier alpha value is -2.63. The Morgan fingerprint density at radius 2 is 0.609 bits per heavy atom. The van der Waals surface area contributed by atoms with E-state index in [1.807, 2.05) is 30.4 Å². The van der Waals surface area contributed by atoms with Crippen molar-refractivity contribution in [2.45, 2.75) is 290 Å². The molecule has 0 aromatic heterocycles. The fraction of sp³-hybridized carbons (Fsp3) is 0.810. The lowest BCUT2D eigenvalue weighted by Gasteiger charge is -2.18. The molecule has 0 N–H and O–H groups in total. The number of unbranched alkanes of at least 4 members (excludes halogenated alkanes) is 34. The summed E-state index contributed by atoms with van der Waals surface area (Å²) in [5.74, 6) is -0.908. The van der Waals surface area contributed by atoms with Gasteiger partial charge in [-0.25, -0.2) is 0 Å². The second-order valence-electron chi connectivity index (χ2n) is 18.6. The number of allylic oxidation sites excluding steroid dienone is 8. The van der Waals surface area contributed by atoms with Crippen molar-refractivity contribution in [2.24, 2.45) is 0 Å². The first-order valence-electron chi connectivity index (χ1n) is 27.7. The molecule has 0 saturated heterocycles. The first-order valence-corrected chi connectivity index (χ1v) is 27.7. The molecule has 64 heavy (non-hydrogen) atoms. The van der Waals surface area contributed by atoms with Crippen LogP contribution in [0.5, 0.6) is 0 Å². The van der Waals surface area contributed by atoms with Gasteiger partial charge in [-0.2, -0.15) is 0 Å². The lowest BCUT2D eigenvalue weighted by molar-refractivity contribution is -0.167. The minimum Gasteiger partial charge on any atom is -0.462 e. The van der Waals surface area contributed by atoms with Crippen molar-refractivity contribution < 1.29 is 28.6 Å². The summed E-state index contributed by atoms with van der Waals surface area (Å²) in [6.45, 7) is 6.50. The van der Waals surface area contributed by atoms with Crippen molar-refractivity contribution in [3.05, 3.63) is 48.6 Å². The van der Waals surface area contributed by atoms with E-state index in [1.165, 1.54) is 173 Å². The SMILES string of the molecule is CC/C=C/C=C/C=C/C=C/CCCCCC(=O)OCC(COC(=O)CCCCCCCCCCCCCCCCCCCCC)OC(=O)CCCCCCCCCCCCCCCC. The summed E-state index contributed by atoms with van der Waals surface area (Å²) < 4.78 is 16.8. The van der Waals surface area contributed by atoms with Gasteiger partial charge in [0.25, 0.3) is 0 Å². The quantitative estimate of drug-likeness (QED) is 0.0262. The van der Waals surface area contributed by atoms with Crippen LogP contribution in [0.4, 0.5) is 0 Å². The fourth-order valence-corrected chi connectivity index (χ4v) is 8.04. The molecule has 0 saturated carbocycles. The Bertz CT molecular complexity index is 1120. The number of hydrogen-bond acceptors (Lipinski definition) is 6. The molecule has 0 heterocycles. The number of carbonyl (C=O) groups is 3. The Labute approximate surface area is 397 Å². The number of rotatable bonds is 50. The third-order valence-electron chi connectivity index (χ3n) is 12.2. The normalized spacial score (nSPS) is 12.4. The largest absolute Gasteiger partial charge is 0.462 e. The van der Waals surface area contributed by atoms with Gasteiger partial charge in [0.15, 0.2) is 6.10 Å². The van der Waals surface area contributed by atoms with Crippen LogP contribution in [0.2, 0.25) is 0 Å². The average Bonchev–Trinajstić information content (AvgIpc) is 3.29. The zero-order valence-electron chi connectivity index (χ0n) is 42.6. The van der Waals surface area contributed by atoms with E-state index >= 15 is 0 Å². The Morgan fingerprint density at radius 1 is 0.328 bits per heavy atom. The van der Waals surface area contributed by atoms with Crippen LogP contribution in [0.15, 0.2) is 48.6 Å². The summed E-state index contributed by atoms with van der Waals surface area (Å²) in [5, 5.41) is 0. The summed E-state index contributed by atoms with van der Waals surface area (Å²) >= 11 is 0. The van der Waals surface area contributed by atoms with E-state index in [-0.39, 0.29) is 31.1 Å². The summed E-state index contributed by atoms with van der Waals surface area (Å²) in [6, 6.07) is 0. The molecule has 0 spiro atoms. The van der Waals surface area contributed by atoms with E-state index in [0.29, 0.717) is 19.3 Å². The highest BCUT2D eigenvalue weighted by atomic mass is 16.6. The van der Waals surface area contributed by atoms with Crippen molar-refractivity contribution in [1.29, 1.82) is 0 Å². The van der Waals surface area contributed by atoms with E-state index in [0.717, 1.165) is 70.6 Å². The average molecular weight is 897 g/mol. The second-order valence-corrected chi connectivity index (χ2v) is 18.6. The molecule has 0 fully saturated rings. The van der Waals surface area contributed by atoms with Crippen molar-refractivity contribution in [2.75, 3.05) is 13.2 Å². The monoisotopic (exact) mass is 897 g/mol. The van der Waals surface area contributed by atoms with Gasteiger partial charge in [-0.15, -0.1) is 0 Å². The van der Waals surface area contributed by atoms with Crippen LogP contribution in [0.25, 0.3) is 0 Å². The Kier molecular flexibility index (Phi) is 50.8. The minimum absolute atomic E-state index is 0.0816. The van der Waals surface area contributed by atoms with E-state index in [1.54, 1.807) is 0 Å². The van der Waals surface area contributed by atoms with Gasteiger partial charge in [-0.3, -0.25) is 14.4 Å². The third-order valence-corrected chi connectivity index (χ3v) is 12.2. The van der Waals surface area contributed by atoms with Gasteiger partial charge < -0.3 is 14.2 Å². The van der Waals surface area contributed by atoms with Crippen molar-refractivity contribution in [3.63, 3.8) is 0 Å². The molecule has 6 nitrogen and oxygen atoms in total. The van der Waals surface area contributed by atoms with Crippen LogP contribution in [0, 0.1) is 0 Å². The van der Waals surface area contributed by atoms with Crippen LogP contribution in [-0.2, 0) is 28.6 Å². The molecule has 0 aliphatic heterocycles. The maximum absolute atomic E-state index is 12.8. The van der Waals surface area contributed by atoms with Gasteiger partial charge in [0.2, 0.25) is 0 Å². The molecule has 0 aliphatic carbocycles. The molecule has 0 radical (unpaired) electrons. The topological polar surface area (TPSA) is 78.9 Å². The number of carbonyl (C=O) groups excluding carboxylic acids is 3. The lowest BCUT2D eigenvalue weighted by Crippen LogP contribution is -2.30. The Balaban J connectivity index is 4.34. The molecule has 6 heteroatoms. The molecular weight excluding hydrogens is 793 g/mol. The fourth-order valence-electron chi connectivity index (χ4n) is 8.04. The van der Waals surface area contributed by atoms with Crippen LogP contribution >= 0.6 is 0 Å². The maximum Gasteiger partial charge on any atom is 0.306 e.